The van der Waals surface area contributed by atoms with Gasteiger partial charge in [0.15, 0.2) is 11.5 Å². The highest BCUT2D eigenvalue weighted by Gasteiger charge is 2.26. The lowest BCUT2D eigenvalue weighted by Gasteiger charge is -2.22. The molecule has 3 rings (SSSR count). The maximum atomic E-state index is 13.2. The molecule has 0 aromatic heterocycles. The highest BCUT2D eigenvalue weighted by molar-refractivity contribution is 6.09. The molecule has 0 bridgehead atoms. The minimum Gasteiger partial charge on any atom is -0.497 e. The standard InChI is InChI=1S/C30H34N4O7/c1-18(2)27(30(38)34-33-26(35)17-19-10-15-24(40-4)25(16-19)41-5)32-29(37)22-8-6-7-9-23(22)31-28(36)20-11-13-21(39-3)14-12-20/h6-16,18,27H,17H2,1-5H3,(H,31,36)(H,32,37)(H,33,35)(H,34,38)/t27-/m0/s1. The number of hydrazine groups is 1. The maximum absolute atomic E-state index is 13.2. The lowest BCUT2D eigenvalue weighted by atomic mass is 10.0. The predicted molar refractivity (Wildman–Crippen MR) is 153 cm³/mol. The van der Waals surface area contributed by atoms with Crippen LogP contribution in [0, 0.1) is 5.92 Å². The van der Waals surface area contributed by atoms with Gasteiger partial charge in [-0.3, -0.25) is 30.0 Å². The minimum atomic E-state index is -0.978. The summed E-state index contributed by atoms with van der Waals surface area (Å²) in [5, 5.41) is 5.44. The molecular weight excluding hydrogens is 528 g/mol. The number of benzene rings is 3. The van der Waals surface area contributed by atoms with E-state index in [1.165, 1.54) is 21.3 Å². The van der Waals surface area contributed by atoms with Gasteiger partial charge in [-0.1, -0.05) is 32.0 Å². The molecule has 0 saturated heterocycles. The number of amides is 4. The highest BCUT2D eigenvalue weighted by Crippen LogP contribution is 2.27. The molecule has 0 aliphatic heterocycles. The normalized spacial score (nSPS) is 11.2. The zero-order valence-corrected chi connectivity index (χ0v) is 23.6. The Morgan fingerprint density at radius 2 is 1.44 bits per heavy atom. The predicted octanol–water partition coefficient (Wildman–Crippen LogP) is 3.11. The van der Waals surface area contributed by atoms with Crippen LogP contribution in [-0.4, -0.2) is 51.0 Å². The van der Waals surface area contributed by atoms with Crippen LogP contribution in [0.25, 0.3) is 0 Å². The van der Waals surface area contributed by atoms with Crippen LogP contribution in [-0.2, 0) is 16.0 Å². The fraction of sp³-hybridized carbons (Fsp3) is 0.267. The van der Waals surface area contributed by atoms with Gasteiger partial charge in [-0.25, -0.2) is 0 Å². The number of methoxy groups -OCH3 is 3. The smallest absolute Gasteiger partial charge is 0.261 e. The fourth-order valence-electron chi connectivity index (χ4n) is 3.91. The number of ether oxygens (including phenoxy) is 3. The summed E-state index contributed by atoms with van der Waals surface area (Å²) in [5.41, 5.74) is 6.24. The molecule has 1 atom stereocenters. The van der Waals surface area contributed by atoms with Crippen molar-refractivity contribution in [2.45, 2.75) is 26.3 Å². The Hall–Kier alpha value is -5.06. The van der Waals surface area contributed by atoms with E-state index in [0.717, 1.165) is 0 Å². The Balaban J connectivity index is 1.63. The number of carbonyl (C=O) groups is 4. The SMILES string of the molecule is COc1ccc(C(=O)Nc2ccccc2C(=O)N[C@H](C(=O)NNC(=O)Cc2ccc(OC)c(OC)c2)C(C)C)cc1. The van der Waals surface area contributed by atoms with Crippen molar-refractivity contribution in [2.24, 2.45) is 5.92 Å². The molecule has 4 N–H and O–H groups in total. The van der Waals surface area contributed by atoms with Gasteiger partial charge in [-0.05, 0) is 60.0 Å². The van der Waals surface area contributed by atoms with E-state index in [2.05, 4.69) is 21.5 Å². The number of anilines is 1. The molecule has 0 fully saturated rings. The van der Waals surface area contributed by atoms with E-state index in [-0.39, 0.29) is 23.6 Å². The Bertz CT molecular complexity index is 1390. The van der Waals surface area contributed by atoms with Crippen LogP contribution >= 0.6 is 0 Å². The van der Waals surface area contributed by atoms with Crippen molar-refractivity contribution in [1.82, 2.24) is 16.2 Å². The van der Waals surface area contributed by atoms with E-state index in [4.69, 9.17) is 14.2 Å². The van der Waals surface area contributed by atoms with E-state index in [1.807, 2.05) is 0 Å². The van der Waals surface area contributed by atoms with Gasteiger partial charge in [0.05, 0.1) is 39.0 Å². The third-order valence-corrected chi connectivity index (χ3v) is 6.15. The Labute approximate surface area is 238 Å². The van der Waals surface area contributed by atoms with Crippen molar-refractivity contribution in [3.63, 3.8) is 0 Å². The molecule has 216 valence electrons. The Kier molecular flexibility index (Phi) is 10.7. The van der Waals surface area contributed by atoms with Gasteiger partial charge in [0.1, 0.15) is 11.8 Å². The molecular formula is C30H34N4O7. The molecule has 0 unspecified atom stereocenters. The van der Waals surface area contributed by atoms with E-state index >= 15 is 0 Å². The van der Waals surface area contributed by atoms with E-state index in [1.54, 1.807) is 80.6 Å². The van der Waals surface area contributed by atoms with Crippen molar-refractivity contribution in [2.75, 3.05) is 26.6 Å². The molecule has 11 heteroatoms. The van der Waals surface area contributed by atoms with Crippen LogP contribution < -0.4 is 35.7 Å². The van der Waals surface area contributed by atoms with Gasteiger partial charge in [0.25, 0.3) is 17.7 Å². The number of hydrogen-bond donors (Lipinski definition) is 4. The Morgan fingerprint density at radius 1 is 0.756 bits per heavy atom. The summed E-state index contributed by atoms with van der Waals surface area (Å²) in [6, 6.07) is 17.1. The summed E-state index contributed by atoms with van der Waals surface area (Å²) >= 11 is 0. The first-order valence-corrected chi connectivity index (χ1v) is 12.8. The largest absolute Gasteiger partial charge is 0.497 e. The van der Waals surface area contributed by atoms with Crippen LogP contribution in [0.1, 0.15) is 40.1 Å². The summed E-state index contributed by atoms with van der Waals surface area (Å²) in [4.78, 5) is 51.4. The topological polar surface area (TPSA) is 144 Å². The molecule has 11 nitrogen and oxygen atoms in total. The van der Waals surface area contributed by atoms with Crippen LogP contribution in [0.3, 0.4) is 0 Å². The second kappa shape index (κ2) is 14.4. The minimum absolute atomic E-state index is 0.0272. The number of carbonyl (C=O) groups excluding carboxylic acids is 4. The van der Waals surface area contributed by atoms with Crippen molar-refractivity contribution in [3.8, 4) is 17.2 Å². The van der Waals surface area contributed by atoms with Crippen molar-refractivity contribution < 1.29 is 33.4 Å². The molecule has 0 aliphatic carbocycles. The second-order valence-corrected chi connectivity index (χ2v) is 9.33. The Morgan fingerprint density at radius 3 is 2.07 bits per heavy atom. The lowest BCUT2D eigenvalue weighted by molar-refractivity contribution is -0.130. The molecule has 0 radical (unpaired) electrons. The van der Waals surface area contributed by atoms with Gasteiger partial charge in [-0.15, -0.1) is 0 Å². The van der Waals surface area contributed by atoms with Gasteiger partial charge in [-0.2, -0.15) is 0 Å². The molecule has 0 saturated carbocycles. The first-order valence-electron chi connectivity index (χ1n) is 12.8. The van der Waals surface area contributed by atoms with Gasteiger partial charge < -0.3 is 24.8 Å². The number of hydrogen-bond acceptors (Lipinski definition) is 7. The summed E-state index contributed by atoms with van der Waals surface area (Å²) in [5.74, 6) is -0.754. The number of nitrogens with one attached hydrogen (secondary N) is 4. The van der Waals surface area contributed by atoms with Crippen LogP contribution in [0.2, 0.25) is 0 Å². The number of rotatable bonds is 11. The maximum Gasteiger partial charge on any atom is 0.261 e. The molecule has 0 aliphatic rings. The van der Waals surface area contributed by atoms with E-state index in [0.29, 0.717) is 28.4 Å². The van der Waals surface area contributed by atoms with Gasteiger partial charge in [0, 0.05) is 5.56 Å². The lowest BCUT2D eigenvalue weighted by Crippen LogP contribution is -2.54. The summed E-state index contributed by atoms with van der Waals surface area (Å²) in [6.07, 6.45) is -0.0272. The molecule has 4 amide bonds. The van der Waals surface area contributed by atoms with Crippen LogP contribution in [0.4, 0.5) is 5.69 Å². The van der Waals surface area contributed by atoms with Crippen molar-refractivity contribution in [3.05, 3.63) is 83.4 Å². The molecule has 3 aromatic carbocycles. The van der Waals surface area contributed by atoms with E-state index < -0.39 is 29.7 Å². The summed E-state index contributed by atoms with van der Waals surface area (Å²) in [6.45, 7) is 3.51. The number of para-hydroxylation sites is 1. The highest BCUT2D eigenvalue weighted by atomic mass is 16.5. The fourth-order valence-corrected chi connectivity index (χ4v) is 3.91. The van der Waals surface area contributed by atoms with Gasteiger partial charge in [0.2, 0.25) is 5.91 Å². The van der Waals surface area contributed by atoms with Gasteiger partial charge >= 0.3 is 0 Å². The van der Waals surface area contributed by atoms with E-state index in [9.17, 15) is 19.2 Å². The third kappa shape index (κ3) is 8.21. The summed E-state index contributed by atoms with van der Waals surface area (Å²) < 4.78 is 15.6. The molecule has 41 heavy (non-hydrogen) atoms. The molecule has 0 heterocycles. The molecule has 0 spiro atoms. The molecule has 3 aromatic rings. The van der Waals surface area contributed by atoms with Crippen molar-refractivity contribution >= 4 is 29.3 Å². The zero-order chi connectivity index (χ0) is 29.9. The summed E-state index contributed by atoms with van der Waals surface area (Å²) in [7, 11) is 4.54. The van der Waals surface area contributed by atoms with Crippen LogP contribution in [0.15, 0.2) is 66.7 Å². The quantitative estimate of drug-likeness (QED) is 0.263. The van der Waals surface area contributed by atoms with Crippen molar-refractivity contribution in [1.29, 1.82) is 0 Å². The average Bonchev–Trinajstić information content (AvgIpc) is 2.98. The monoisotopic (exact) mass is 562 g/mol. The second-order valence-electron chi connectivity index (χ2n) is 9.33. The van der Waals surface area contributed by atoms with Crippen LogP contribution in [0.5, 0.6) is 17.2 Å². The third-order valence-electron chi connectivity index (χ3n) is 6.15. The first kappa shape index (κ1) is 30.5. The average molecular weight is 563 g/mol. The zero-order valence-electron chi connectivity index (χ0n) is 23.6. The first-order chi connectivity index (χ1) is 19.7.